The van der Waals surface area contributed by atoms with Gasteiger partial charge in [0.25, 0.3) is 5.91 Å². The Hall–Kier alpha value is -2.31. The van der Waals surface area contributed by atoms with Crippen LogP contribution in [0.3, 0.4) is 0 Å². The molecule has 0 saturated heterocycles. The Kier molecular flexibility index (Phi) is 4.39. The van der Waals surface area contributed by atoms with Gasteiger partial charge in [0.05, 0.1) is 22.2 Å². The van der Waals surface area contributed by atoms with Gasteiger partial charge in [0, 0.05) is 6.54 Å². The molecule has 2 aromatic rings. The third-order valence-electron chi connectivity index (χ3n) is 2.88. The van der Waals surface area contributed by atoms with Gasteiger partial charge in [0.2, 0.25) is 0 Å². The predicted octanol–water partition coefficient (Wildman–Crippen LogP) is 3.45. The SMILES string of the molecule is Cc1ccc(C(=O)NCc2cccc(C#N)c2)c(Cl)c1. The average Bonchev–Trinajstić information content (AvgIpc) is 2.45. The normalized spacial score (nSPS) is 9.85. The molecule has 0 bridgehead atoms. The topological polar surface area (TPSA) is 52.9 Å². The maximum atomic E-state index is 12.0. The molecule has 0 saturated carbocycles. The maximum Gasteiger partial charge on any atom is 0.253 e. The molecule has 0 atom stereocenters. The van der Waals surface area contributed by atoms with Crippen LogP contribution in [0.25, 0.3) is 0 Å². The molecular weight excluding hydrogens is 272 g/mol. The minimum atomic E-state index is -0.225. The van der Waals surface area contributed by atoms with E-state index >= 15 is 0 Å². The minimum Gasteiger partial charge on any atom is -0.348 e. The Morgan fingerprint density at radius 2 is 2.10 bits per heavy atom. The van der Waals surface area contributed by atoms with Crippen molar-refractivity contribution in [3.05, 3.63) is 69.7 Å². The molecule has 0 heterocycles. The van der Waals surface area contributed by atoms with Crippen molar-refractivity contribution in [1.82, 2.24) is 5.32 Å². The fourth-order valence-electron chi connectivity index (χ4n) is 1.83. The fourth-order valence-corrected chi connectivity index (χ4v) is 2.15. The predicted molar refractivity (Wildman–Crippen MR) is 78.5 cm³/mol. The Bertz CT molecular complexity index is 689. The number of nitrogens with one attached hydrogen (secondary N) is 1. The van der Waals surface area contributed by atoms with E-state index in [1.165, 1.54) is 0 Å². The van der Waals surface area contributed by atoms with Gasteiger partial charge in [-0.15, -0.1) is 0 Å². The van der Waals surface area contributed by atoms with Crippen molar-refractivity contribution in [3.63, 3.8) is 0 Å². The van der Waals surface area contributed by atoms with E-state index in [0.717, 1.165) is 11.1 Å². The number of carbonyl (C=O) groups excluding carboxylic acids is 1. The number of benzene rings is 2. The molecule has 3 nitrogen and oxygen atoms in total. The van der Waals surface area contributed by atoms with Crippen LogP contribution in [0.4, 0.5) is 0 Å². The third-order valence-corrected chi connectivity index (χ3v) is 3.19. The molecule has 0 radical (unpaired) electrons. The quantitative estimate of drug-likeness (QED) is 0.938. The van der Waals surface area contributed by atoms with E-state index in [2.05, 4.69) is 11.4 Å². The largest absolute Gasteiger partial charge is 0.348 e. The summed E-state index contributed by atoms with van der Waals surface area (Å²) in [6.07, 6.45) is 0. The zero-order valence-electron chi connectivity index (χ0n) is 11.0. The number of carbonyl (C=O) groups is 1. The third kappa shape index (κ3) is 3.37. The van der Waals surface area contributed by atoms with Gasteiger partial charge in [-0.25, -0.2) is 0 Å². The fraction of sp³-hybridized carbons (Fsp3) is 0.125. The number of amides is 1. The number of rotatable bonds is 3. The van der Waals surface area contributed by atoms with Gasteiger partial charge in [-0.1, -0.05) is 29.8 Å². The second-order valence-corrected chi connectivity index (χ2v) is 4.89. The molecule has 1 N–H and O–H groups in total. The Balaban J connectivity index is 2.07. The molecule has 4 heteroatoms. The lowest BCUT2D eigenvalue weighted by atomic mass is 10.1. The van der Waals surface area contributed by atoms with E-state index in [1.54, 1.807) is 30.3 Å². The van der Waals surface area contributed by atoms with Gasteiger partial charge in [-0.05, 0) is 42.3 Å². The lowest BCUT2D eigenvalue weighted by molar-refractivity contribution is 0.0951. The molecule has 0 aliphatic carbocycles. The van der Waals surface area contributed by atoms with Crippen LogP contribution in [-0.2, 0) is 6.54 Å². The van der Waals surface area contributed by atoms with Gasteiger partial charge in [0.15, 0.2) is 0 Å². The van der Waals surface area contributed by atoms with Crippen LogP contribution in [0.15, 0.2) is 42.5 Å². The van der Waals surface area contributed by atoms with Crippen LogP contribution in [0.5, 0.6) is 0 Å². The number of halogens is 1. The van der Waals surface area contributed by atoms with Crippen molar-refractivity contribution in [2.45, 2.75) is 13.5 Å². The zero-order chi connectivity index (χ0) is 14.5. The summed E-state index contributed by atoms with van der Waals surface area (Å²) in [5.41, 5.74) is 2.91. The number of nitriles is 1. The van der Waals surface area contributed by atoms with Gasteiger partial charge in [0.1, 0.15) is 0 Å². The second kappa shape index (κ2) is 6.23. The first-order valence-corrected chi connectivity index (χ1v) is 6.51. The van der Waals surface area contributed by atoms with Crippen molar-refractivity contribution in [1.29, 1.82) is 5.26 Å². The van der Waals surface area contributed by atoms with Crippen molar-refractivity contribution < 1.29 is 4.79 Å². The molecule has 20 heavy (non-hydrogen) atoms. The molecule has 2 rings (SSSR count). The highest BCUT2D eigenvalue weighted by Crippen LogP contribution is 2.17. The summed E-state index contributed by atoms with van der Waals surface area (Å²) in [5.74, 6) is -0.225. The van der Waals surface area contributed by atoms with E-state index in [1.807, 2.05) is 19.1 Å². The lowest BCUT2D eigenvalue weighted by Gasteiger charge is -2.07. The van der Waals surface area contributed by atoms with Crippen LogP contribution in [-0.4, -0.2) is 5.91 Å². The van der Waals surface area contributed by atoms with Crippen LogP contribution in [0.2, 0.25) is 5.02 Å². The molecule has 0 unspecified atom stereocenters. The van der Waals surface area contributed by atoms with Crippen LogP contribution in [0, 0.1) is 18.3 Å². The van der Waals surface area contributed by atoms with E-state index in [-0.39, 0.29) is 5.91 Å². The summed E-state index contributed by atoms with van der Waals surface area (Å²) < 4.78 is 0. The van der Waals surface area contributed by atoms with Crippen LogP contribution in [0.1, 0.15) is 27.0 Å². The van der Waals surface area contributed by atoms with Crippen molar-refractivity contribution in [2.24, 2.45) is 0 Å². The molecule has 0 aliphatic rings. The van der Waals surface area contributed by atoms with Crippen molar-refractivity contribution >= 4 is 17.5 Å². The van der Waals surface area contributed by atoms with Gasteiger partial charge in [-0.3, -0.25) is 4.79 Å². The van der Waals surface area contributed by atoms with E-state index in [9.17, 15) is 4.79 Å². The molecule has 2 aromatic carbocycles. The average molecular weight is 285 g/mol. The highest BCUT2D eigenvalue weighted by atomic mass is 35.5. The highest BCUT2D eigenvalue weighted by molar-refractivity contribution is 6.33. The second-order valence-electron chi connectivity index (χ2n) is 4.48. The molecule has 0 aromatic heterocycles. The van der Waals surface area contributed by atoms with Crippen LogP contribution >= 0.6 is 11.6 Å². The summed E-state index contributed by atoms with van der Waals surface area (Å²) in [4.78, 5) is 12.0. The summed E-state index contributed by atoms with van der Waals surface area (Å²) in [5, 5.41) is 12.1. The zero-order valence-corrected chi connectivity index (χ0v) is 11.7. The summed E-state index contributed by atoms with van der Waals surface area (Å²) >= 11 is 6.05. The molecular formula is C16H13ClN2O. The van der Waals surface area contributed by atoms with E-state index in [0.29, 0.717) is 22.7 Å². The first-order chi connectivity index (χ1) is 9.60. The summed E-state index contributed by atoms with van der Waals surface area (Å²) in [7, 11) is 0. The standard InChI is InChI=1S/C16H13ClN2O/c1-11-5-6-14(15(17)7-11)16(20)19-10-13-4-2-3-12(8-13)9-18/h2-8H,10H2,1H3,(H,19,20). The first kappa shape index (κ1) is 14.1. The smallest absolute Gasteiger partial charge is 0.253 e. The molecule has 1 amide bonds. The Morgan fingerprint density at radius 1 is 1.30 bits per heavy atom. The molecule has 0 aliphatic heterocycles. The number of nitrogens with zero attached hydrogens (tertiary/aromatic N) is 1. The van der Waals surface area contributed by atoms with Crippen molar-refractivity contribution in [2.75, 3.05) is 0 Å². The number of hydrogen-bond donors (Lipinski definition) is 1. The lowest BCUT2D eigenvalue weighted by Crippen LogP contribution is -2.23. The van der Waals surface area contributed by atoms with E-state index in [4.69, 9.17) is 16.9 Å². The van der Waals surface area contributed by atoms with Crippen molar-refractivity contribution in [3.8, 4) is 6.07 Å². The number of aryl methyl sites for hydroxylation is 1. The monoisotopic (exact) mass is 284 g/mol. The van der Waals surface area contributed by atoms with E-state index < -0.39 is 0 Å². The van der Waals surface area contributed by atoms with Crippen LogP contribution < -0.4 is 5.32 Å². The Labute approximate surface area is 122 Å². The minimum absolute atomic E-state index is 0.225. The molecule has 0 spiro atoms. The van der Waals surface area contributed by atoms with Gasteiger partial charge >= 0.3 is 0 Å². The molecule has 0 fully saturated rings. The number of hydrogen-bond acceptors (Lipinski definition) is 2. The summed E-state index contributed by atoms with van der Waals surface area (Å²) in [6.45, 7) is 2.28. The summed E-state index contributed by atoms with van der Waals surface area (Å²) in [6, 6.07) is 14.5. The Morgan fingerprint density at radius 3 is 2.80 bits per heavy atom. The molecule has 100 valence electrons. The van der Waals surface area contributed by atoms with Gasteiger partial charge in [-0.2, -0.15) is 5.26 Å². The maximum absolute atomic E-state index is 12.0. The first-order valence-electron chi connectivity index (χ1n) is 6.13. The highest BCUT2D eigenvalue weighted by Gasteiger charge is 2.09. The van der Waals surface area contributed by atoms with Gasteiger partial charge < -0.3 is 5.32 Å².